The Bertz CT molecular complexity index is 2340. The van der Waals surface area contributed by atoms with Gasteiger partial charge in [0.25, 0.3) is 11.8 Å². The maximum atomic E-state index is 14.6. The monoisotopic (exact) mass is 902 g/mol. The van der Waals surface area contributed by atoms with Gasteiger partial charge in [0.1, 0.15) is 34.0 Å². The minimum atomic E-state index is -1.67. The number of β-lactam (4-membered cyclic amide) rings is 1. The average molecular weight is 903 g/mol. The number of thioether (sulfide) groups is 1. The fourth-order valence-electron chi connectivity index (χ4n) is 6.08. The first-order valence-electron chi connectivity index (χ1n) is 19.5. The van der Waals surface area contributed by atoms with Gasteiger partial charge in [-0.25, -0.2) is 19.4 Å². The number of hydrogen-bond acceptors (Lipinski definition) is 14. The quantitative estimate of drug-likeness (QED) is 0.0335. The third kappa shape index (κ3) is 11.0. The van der Waals surface area contributed by atoms with Gasteiger partial charge in [-0.3, -0.25) is 24.8 Å². The van der Waals surface area contributed by atoms with Crippen molar-refractivity contribution < 1.29 is 43.0 Å². The fourth-order valence-corrected chi connectivity index (χ4v) is 8.27. The second kappa shape index (κ2) is 18.7. The molecule has 4 heterocycles. The number of benzene rings is 2. The molecule has 18 heteroatoms. The highest BCUT2D eigenvalue weighted by atomic mass is 35.5. The highest BCUT2D eigenvalue weighted by Gasteiger charge is 2.55. The number of fused-ring (bicyclic) bond motifs is 1. The molecule has 62 heavy (non-hydrogen) atoms. The Morgan fingerprint density at radius 2 is 1.53 bits per heavy atom. The van der Waals surface area contributed by atoms with E-state index in [2.05, 4.69) is 25.8 Å². The SMILES string of the molecule is CC(C)(C)OC(=O)Nc1nc(/C(=N/OC(C)(C)C(=O)OC(C)(C)C)C(=O)N[C@@H]2C(=O)N3C(C(=O)OC(c4ccccc4)c4ccccc4)=C(c4ccc(CCl)cn4)CS[C@H]23)cs1. The van der Waals surface area contributed by atoms with Crippen LogP contribution in [0.15, 0.2) is 95.2 Å². The second-order valence-corrected chi connectivity index (χ2v) is 18.9. The van der Waals surface area contributed by atoms with Crippen LogP contribution in [0.1, 0.15) is 89.6 Å². The van der Waals surface area contributed by atoms with Gasteiger partial charge in [0.05, 0.1) is 5.69 Å². The maximum Gasteiger partial charge on any atom is 0.413 e. The fraction of sp³-hybridized carbons (Fsp3) is 0.364. The Labute approximate surface area is 372 Å². The van der Waals surface area contributed by atoms with E-state index in [-0.39, 0.29) is 28.2 Å². The number of oxime groups is 1. The predicted octanol–water partition coefficient (Wildman–Crippen LogP) is 7.61. The van der Waals surface area contributed by atoms with E-state index >= 15 is 0 Å². The number of anilines is 1. The van der Waals surface area contributed by atoms with Crippen LogP contribution < -0.4 is 10.6 Å². The molecule has 0 aliphatic carbocycles. The van der Waals surface area contributed by atoms with Crippen molar-refractivity contribution in [1.82, 2.24) is 20.2 Å². The number of nitrogens with zero attached hydrogens (tertiary/aromatic N) is 4. The second-order valence-electron chi connectivity index (χ2n) is 16.7. The first-order valence-corrected chi connectivity index (χ1v) is 22.0. The molecule has 6 rings (SSSR count). The molecule has 15 nitrogen and oxygen atoms in total. The van der Waals surface area contributed by atoms with Gasteiger partial charge in [0.2, 0.25) is 5.60 Å². The maximum absolute atomic E-state index is 14.6. The first-order chi connectivity index (χ1) is 29.2. The standard InChI is InChI=1S/C44H47ClN6O9S2/c1-42(2,3)58-39(55)44(7,8)60-50-31(30-24-62-40(47-30)49-41(56)59-43(4,5)6)35(52)48-32-36(53)51-33(28(23-61-37(32)51)29-20-19-25(21-45)22-46-29)38(54)57-34(26-15-11-9-12-16-26)27-17-13-10-14-18-27/h9-20,22,24,32,34,37H,21,23H2,1-8H3,(H,48,52)(H,47,49,56)/b50-31-/t32-,37-/m1/s1. The van der Waals surface area contributed by atoms with Crippen molar-refractivity contribution in [3.8, 4) is 0 Å². The van der Waals surface area contributed by atoms with Crippen LogP contribution in [0.2, 0.25) is 0 Å². The average Bonchev–Trinajstić information content (AvgIpc) is 3.68. The van der Waals surface area contributed by atoms with Crippen LogP contribution in [-0.2, 0) is 44.1 Å². The van der Waals surface area contributed by atoms with E-state index in [0.717, 1.165) is 28.0 Å². The van der Waals surface area contributed by atoms with Crippen molar-refractivity contribution in [1.29, 1.82) is 0 Å². The molecule has 4 aromatic rings. The van der Waals surface area contributed by atoms with E-state index in [1.807, 2.05) is 60.7 Å². The molecular formula is C44H47ClN6O9S2. The summed E-state index contributed by atoms with van der Waals surface area (Å²) in [6.45, 7) is 13.0. The van der Waals surface area contributed by atoms with E-state index in [1.165, 1.54) is 35.9 Å². The number of carbonyl (C=O) groups is 5. The number of pyridine rings is 1. The van der Waals surface area contributed by atoms with Crippen molar-refractivity contribution in [3.05, 3.63) is 118 Å². The normalized spacial score (nSPS) is 16.8. The molecule has 0 unspecified atom stereocenters. The third-order valence-electron chi connectivity index (χ3n) is 8.99. The number of thiazole rings is 1. The van der Waals surface area contributed by atoms with Gasteiger partial charge in [0, 0.05) is 28.8 Å². The molecule has 1 fully saturated rings. The molecule has 2 aromatic carbocycles. The summed E-state index contributed by atoms with van der Waals surface area (Å²) in [6.07, 6.45) is 0.0118. The van der Waals surface area contributed by atoms with E-state index in [4.69, 9.17) is 30.6 Å². The van der Waals surface area contributed by atoms with Crippen molar-refractivity contribution in [2.24, 2.45) is 5.16 Å². The molecule has 2 atom stereocenters. The van der Waals surface area contributed by atoms with Crippen LogP contribution >= 0.6 is 34.7 Å². The highest BCUT2D eigenvalue weighted by Crippen LogP contribution is 2.44. The molecule has 1 saturated heterocycles. The number of esters is 2. The number of rotatable bonds is 13. The van der Waals surface area contributed by atoms with Gasteiger partial charge in [-0.1, -0.05) is 71.9 Å². The Morgan fingerprint density at radius 3 is 2.10 bits per heavy atom. The van der Waals surface area contributed by atoms with Crippen molar-refractivity contribution >= 4 is 81.0 Å². The molecule has 2 aliphatic rings. The number of nitrogens with one attached hydrogen (secondary N) is 2. The summed E-state index contributed by atoms with van der Waals surface area (Å²) in [4.78, 5) is 84.6. The third-order valence-corrected chi connectivity index (χ3v) is 11.3. The minimum absolute atomic E-state index is 0.0130. The summed E-state index contributed by atoms with van der Waals surface area (Å²) in [5.74, 6) is -2.55. The van der Waals surface area contributed by atoms with E-state index in [1.54, 1.807) is 59.9 Å². The van der Waals surface area contributed by atoms with Gasteiger partial charge in [0.15, 0.2) is 16.9 Å². The molecule has 2 aliphatic heterocycles. The number of hydrogen-bond donors (Lipinski definition) is 2. The van der Waals surface area contributed by atoms with Crippen LogP contribution in [0.4, 0.5) is 9.93 Å². The Kier molecular flexibility index (Phi) is 13.8. The van der Waals surface area contributed by atoms with Crippen LogP contribution in [-0.4, -0.2) is 84.4 Å². The van der Waals surface area contributed by atoms with Crippen LogP contribution in [0.5, 0.6) is 0 Å². The van der Waals surface area contributed by atoms with E-state index in [0.29, 0.717) is 11.3 Å². The summed E-state index contributed by atoms with van der Waals surface area (Å²) >= 11 is 8.34. The van der Waals surface area contributed by atoms with Crippen molar-refractivity contribution in [2.45, 2.75) is 95.6 Å². The Balaban J connectivity index is 1.31. The van der Waals surface area contributed by atoms with E-state index in [9.17, 15) is 24.0 Å². The number of amides is 3. The lowest BCUT2D eigenvalue weighted by Crippen LogP contribution is -2.71. The van der Waals surface area contributed by atoms with Crippen molar-refractivity contribution in [3.63, 3.8) is 0 Å². The van der Waals surface area contributed by atoms with Gasteiger partial charge < -0.3 is 24.4 Å². The zero-order chi connectivity index (χ0) is 45.0. The highest BCUT2D eigenvalue weighted by molar-refractivity contribution is 8.00. The zero-order valence-electron chi connectivity index (χ0n) is 35.4. The lowest BCUT2D eigenvalue weighted by molar-refractivity contribution is -0.179. The Hall–Kier alpha value is -5.78. The summed E-state index contributed by atoms with van der Waals surface area (Å²) in [6, 6.07) is 20.9. The van der Waals surface area contributed by atoms with Gasteiger partial charge in [-0.15, -0.1) is 34.7 Å². The number of alkyl halides is 1. The van der Waals surface area contributed by atoms with Crippen LogP contribution in [0.25, 0.3) is 5.57 Å². The summed E-state index contributed by atoms with van der Waals surface area (Å²) < 4.78 is 17.1. The molecule has 0 radical (unpaired) electrons. The number of carbonyl (C=O) groups excluding carboxylic acids is 5. The molecule has 326 valence electrons. The van der Waals surface area contributed by atoms with Crippen molar-refractivity contribution in [2.75, 3.05) is 11.1 Å². The largest absolute Gasteiger partial charge is 0.457 e. The number of aromatic nitrogens is 2. The zero-order valence-corrected chi connectivity index (χ0v) is 37.8. The van der Waals surface area contributed by atoms with E-state index < -0.39 is 69.9 Å². The number of ether oxygens (including phenoxy) is 3. The molecule has 2 aromatic heterocycles. The minimum Gasteiger partial charge on any atom is -0.457 e. The number of halogens is 1. The molecular weight excluding hydrogens is 856 g/mol. The first kappa shape index (κ1) is 45.7. The van der Waals surface area contributed by atoms with Crippen LogP contribution in [0.3, 0.4) is 0 Å². The lowest BCUT2D eigenvalue weighted by Gasteiger charge is -2.49. The molecule has 3 amide bonds. The van der Waals surface area contributed by atoms with Gasteiger partial charge >= 0.3 is 18.0 Å². The van der Waals surface area contributed by atoms with Gasteiger partial charge in [-0.2, -0.15) is 0 Å². The summed E-state index contributed by atoms with van der Waals surface area (Å²) in [5.41, 5.74) is -0.650. The molecule has 0 saturated carbocycles. The lowest BCUT2D eigenvalue weighted by atomic mass is 9.99. The topological polar surface area (TPSA) is 188 Å². The predicted molar refractivity (Wildman–Crippen MR) is 236 cm³/mol. The van der Waals surface area contributed by atoms with Gasteiger partial charge in [-0.05, 0) is 78.1 Å². The Morgan fingerprint density at radius 1 is 0.903 bits per heavy atom. The summed E-state index contributed by atoms with van der Waals surface area (Å²) in [7, 11) is 0. The van der Waals surface area contributed by atoms with Crippen LogP contribution in [0, 0.1) is 0 Å². The smallest absolute Gasteiger partial charge is 0.413 e. The molecule has 2 N–H and O–H groups in total. The molecule has 0 spiro atoms. The molecule has 0 bridgehead atoms. The summed E-state index contributed by atoms with van der Waals surface area (Å²) in [5, 5.41) is 10.1.